The van der Waals surface area contributed by atoms with Crippen molar-refractivity contribution in [3.05, 3.63) is 82.6 Å². The molecule has 2 heterocycles. The number of carbonyl (C=O) groups excluding carboxylic acids is 2. The number of dihydropyridines is 1. The first-order valence-corrected chi connectivity index (χ1v) is 8.85. The summed E-state index contributed by atoms with van der Waals surface area (Å²) >= 11 is 0. The van der Waals surface area contributed by atoms with Gasteiger partial charge in [0.25, 0.3) is 0 Å². The number of rotatable bonds is 4. The van der Waals surface area contributed by atoms with E-state index < -0.39 is 29.5 Å². The zero-order valence-corrected chi connectivity index (χ0v) is 15.8. The molecular weight excluding hydrogens is 378 g/mol. The van der Waals surface area contributed by atoms with E-state index in [4.69, 9.17) is 0 Å². The summed E-state index contributed by atoms with van der Waals surface area (Å²) in [7, 11) is 0. The molecule has 0 saturated heterocycles. The van der Waals surface area contributed by atoms with E-state index in [2.05, 4.69) is 16.0 Å². The van der Waals surface area contributed by atoms with Gasteiger partial charge < -0.3 is 16.0 Å². The fourth-order valence-corrected chi connectivity index (χ4v) is 3.25. The second kappa shape index (κ2) is 8.27. The van der Waals surface area contributed by atoms with Crippen molar-refractivity contribution in [2.45, 2.75) is 26.3 Å². The second-order valence-corrected chi connectivity index (χ2v) is 6.64. The van der Waals surface area contributed by atoms with Gasteiger partial charge in [-0.05, 0) is 32.2 Å². The predicted molar refractivity (Wildman–Crippen MR) is 102 cm³/mol. The lowest BCUT2D eigenvalue weighted by Gasteiger charge is -2.29. The van der Waals surface area contributed by atoms with Gasteiger partial charge in [0.05, 0.1) is 18.0 Å². The Labute approximate surface area is 167 Å². The number of nitrogens with one attached hydrogen (secondary N) is 3. The quantitative estimate of drug-likeness (QED) is 0.681. The van der Waals surface area contributed by atoms with Crippen LogP contribution in [0.4, 0.5) is 8.78 Å². The van der Waals surface area contributed by atoms with E-state index in [1.54, 1.807) is 26.1 Å². The van der Waals surface area contributed by atoms with Crippen molar-refractivity contribution in [2.75, 3.05) is 0 Å². The van der Waals surface area contributed by atoms with Gasteiger partial charge in [0.15, 0.2) is 0 Å². The van der Waals surface area contributed by atoms with E-state index in [9.17, 15) is 23.6 Å². The molecule has 1 atom stereocenters. The monoisotopic (exact) mass is 396 g/mol. The van der Waals surface area contributed by atoms with Gasteiger partial charge in [-0.2, -0.15) is 5.26 Å². The summed E-state index contributed by atoms with van der Waals surface area (Å²) in [5.41, 5.74) is 1.44. The maximum atomic E-state index is 14.1. The van der Waals surface area contributed by atoms with Crippen LogP contribution in [0.3, 0.4) is 0 Å². The van der Waals surface area contributed by atoms with Crippen LogP contribution in [0.2, 0.25) is 0 Å². The van der Waals surface area contributed by atoms with Gasteiger partial charge in [-0.15, -0.1) is 0 Å². The molecule has 2 aliphatic heterocycles. The molecule has 8 heteroatoms. The smallest absolute Gasteiger partial charge is 0.250 e. The molecule has 0 bridgehead atoms. The normalized spacial score (nSPS) is 20.4. The summed E-state index contributed by atoms with van der Waals surface area (Å²) in [6, 6.07) is 1.73. The van der Waals surface area contributed by atoms with Crippen LogP contribution >= 0.6 is 0 Å². The highest BCUT2D eigenvalue weighted by Crippen LogP contribution is 2.33. The Morgan fingerprint density at radius 1 is 1.34 bits per heavy atom. The molecule has 3 N–H and O–H groups in total. The molecule has 1 aliphatic carbocycles. The number of fused-ring (bicyclic) bond motifs is 1. The minimum absolute atomic E-state index is 0.0255. The molecule has 29 heavy (non-hydrogen) atoms. The van der Waals surface area contributed by atoms with Gasteiger partial charge in [0.1, 0.15) is 23.8 Å². The number of nitrogens with zero attached hydrogens (tertiary/aromatic N) is 1. The molecule has 0 spiro atoms. The Bertz CT molecular complexity index is 993. The Kier molecular flexibility index (Phi) is 5.78. The van der Waals surface area contributed by atoms with Gasteiger partial charge in [-0.3, -0.25) is 9.59 Å². The van der Waals surface area contributed by atoms with E-state index in [1.165, 1.54) is 12.5 Å². The topological polar surface area (TPSA) is 94.0 Å². The summed E-state index contributed by atoms with van der Waals surface area (Å²) in [6.45, 7) is 3.30. The average molecular weight is 396 g/mol. The van der Waals surface area contributed by atoms with Crippen LogP contribution in [0.5, 0.6) is 0 Å². The Hall–Kier alpha value is -3.47. The average Bonchev–Trinajstić information content (AvgIpc) is 2.82. The van der Waals surface area contributed by atoms with Crippen LogP contribution in [0.25, 0.3) is 0 Å². The first kappa shape index (κ1) is 20.3. The number of hydrogen-bond acceptors (Lipinski definition) is 4. The van der Waals surface area contributed by atoms with Crippen molar-refractivity contribution < 1.29 is 18.4 Å². The van der Waals surface area contributed by atoms with Gasteiger partial charge in [-0.25, -0.2) is 8.78 Å². The van der Waals surface area contributed by atoms with Crippen LogP contribution in [-0.4, -0.2) is 17.9 Å². The molecule has 0 aromatic carbocycles. The number of allylic oxidation sites excluding steroid dienone is 5. The van der Waals surface area contributed by atoms with Crippen LogP contribution in [-0.2, 0) is 9.59 Å². The molecule has 0 fully saturated rings. The van der Waals surface area contributed by atoms with Crippen molar-refractivity contribution in [1.29, 1.82) is 5.26 Å². The molecule has 3 aliphatic rings. The highest BCUT2D eigenvalue weighted by molar-refractivity contribution is 6.04. The zero-order chi connectivity index (χ0) is 21.1. The summed E-state index contributed by atoms with van der Waals surface area (Å²) in [5.74, 6) is -2.64. The van der Waals surface area contributed by atoms with E-state index in [1.807, 2.05) is 6.07 Å². The standard InChI is InChI=1S/C21H18F2N4O2/c1-11(14-5-3-4-13(22)8-17(14)23)26-19(28)9-15-16(10-24)20-12(2)25-7-6-18(20)27-21(15)29/h3-8,11,25H,9H2,1-2H3,(H,26,28)(H,27,29)/t11-/m0/s1. The van der Waals surface area contributed by atoms with Crippen molar-refractivity contribution in [3.8, 4) is 6.07 Å². The fourth-order valence-electron chi connectivity index (χ4n) is 3.25. The van der Waals surface area contributed by atoms with Gasteiger partial charge in [0.2, 0.25) is 11.8 Å². The first-order valence-electron chi connectivity index (χ1n) is 8.85. The number of hydrogen-bond donors (Lipinski definition) is 3. The van der Waals surface area contributed by atoms with E-state index >= 15 is 0 Å². The summed E-state index contributed by atoms with van der Waals surface area (Å²) in [5, 5.41) is 17.8. The molecule has 0 aromatic rings. The number of halogens is 2. The van der Waals surface area contributed by atoms with Crippen molar-refractivity contribution in [1.82, 2.24) is 16.0 Å². The molecule has 3 rings (SSSR count). The lowest BCUT2D eigenvalue weighted by atomic mass is 9.86. The van der Waals surface area contributed by atoms with Crippen molar-refractivity contribution in [2.24, 2.45) is 0 Å². The maximum absolute atomic E-state index is 14.1. The highest BCUT2D eigenvalue weighted by atomic mass is 19.1. The first-order chi connectivity index (χ1) is 13.8. The van der Waals surface area contributed by atoms with Gasteiger partial charge in [0, 0.05) is 34.9 Å². The number of carbonyl (C=O) groups is 2. The Morgan fingerprint density at radius 2 is 2.10 bits per heavy atom. The molecule has 2 radical (unpaired) electrons. The fraction of sp³-hybridized carbons (Fsp3) is 0.190. The minimum atomic E-state index is -0.798. The number of nitriles is 1. The van der Waals surface area contributed by atoms with Crippen LogP contribution < -0.4 is 16.0 Å². The zero-order valence-electron chi connectivity index (χ0n) is 15.8. The molecule has 148 valence electrons. The van der Waals surface area contributed by atoms with Gasteiger partial charge >= 0.3 is 0 Å². The van der Waals surface area contributed by atoms with Crippen LogP contribution in [0, 0.1) is 23.8 Å². The molecule has 0 aromatic heterocycles. The van der Waals surface area contributed by atoms with Crippen molar-refractivity contribution >= 4 is 11.8 Å². The van der Waals surface area contributed by atoms with Gasteiger partial charge in [-0.1, -0.05) is 6.08 Å². The molecule has 2 amide bonds. The summed E-state index contributed by atoms with van der Waals surface area (Å²) in [4.78, 5) is 25.0. The molecule has 6 nitrogen and oxygen atoms in total. The van der Waals surface area contributed by atoms with Crippen molar-refractivity contribution in [3.63, 3.8) is 0 Å². The summed E-state index contributed by atoms with van der Waals surface area (Å²) in [6.07, 6.45) is 7.46. The van der Waals surface area contributed by atoms with E-state index in [0.717, 1.165) is 12.2 Å². The largest absolute Gasteiger partial charge is 0.365 e. The Morgan fingerprint density at radius 3 is 2.83 bits per heavy atom. The third-order valence-electron chi connectivity index (χ3n) is 4.63. The third kappa shape index (κ3) is 4.19. The lowest BCUT2D eigenvalue weighted by molar-refractivity contribution is -0.123. The lowest BCUT2D eigenvalue weighted by Crippen LogP contribution is -2.41. The number of amides is 2. The van der Waals surface area contributed by atoms with Crippen LogP contribution in [0.1, 0.15) is 20.3 Å². The SMILES string of the molecule is CC1=C2[C](C=CN1)NC(=O)C(CC(=O)N[C@@H](C)C1=C[CH]C=C(F)C=C1F)=C2C#N. The molecule has 0 saturated carbocycles. The highest BCUT2D eigenvalue weighted by Gasteiger charge is 2.34. The van der Waals surface area contributed by atoms with E-state index in [-0.39, 0.29) is 23.1 Å². The second-order valence-electron chi connectivity index (χ2n) is 6.64. The summed E-state index contributed by atoms with van der Waals surface area (Å²) < 4.78 is 27.4. The van der Waals surface area contributed by atoms with Crippen LogP contribution in [0.15, 0.2) is 70.1 Å². The molecular formula is C21H18F2N4O2. The molecule has 0 unspecified atom stereocenters. The minimum Gasteiger partial charge on any atom is -0.365 e. The van der Waals surface area contributed by atoms with E-state index in [0.29, 0.717) is 17.3 Å². The maximum Gasteiger partial charge on any atom is 0.250 e. The predicted octanol–water partition coefficient (Wildman–Crippen LogP) is 2.61. The third-order valence-corrected chi connectivity index (χ3v) is 4.63. The Balaban J connectivity index is 1.79.